The van der Waals surface area contributed by atoms with Crippen molar-refractivity contribution in [3.63, 3.8) is 0 Å². The van der Waals surface area contributed by atoms with Gasteiger partial charge in [-0.3, -0.25) is 4.79 Å². The average Bonchev–Trinajstić information content (AvgIpc) is 2.44. The van der Waals surface area contributed by atoms with Crippen LogP contribution < -0.4 is 5.32 Å². The summed E-state index contributed by atoms with van der Waals surface area (Å²) < 4.78 is 10.3. The van der Waals surface area contributed by atoms with Gasteiger partial charge in [-0.15, -0.1) is 0 Å². The van der Waals surface area contributed by atoms with Crippen molar-refractivity contribution in [2.24, 2.45) is 0 Å². The van der Waals surface area contributed by atoms with E-state index in [4.69, 9.17) is 9.47 Å². The number of rotatable bonds is 6. The molecule has 5 heteroatoms. The van der Waals surface area contributed by atoms with E-state index in [0.717, 1.165) is 19.3 Å². The summed E-state index contributed by atoms with van der Waals surface area (Å²) in [5, 5.41) is 2.83. The third-order valence-electron chi connectivity index (χ3n) is 3.86. The molecule has 1 aromatic rings. The van der Waals surface area contributed by atoms with Gasteiger partial charge in [0, 0.05) is 12.8 Å². The molecule has 1 aromatic carbocycles. The first-order valence-corrected chi connectivity index (χ1v) is 7.21. The van der Waals surface area contributed by atoms with Gasteiger partial charge >= 0.3 is 5.97 Å². The van der Waals surface area contributed by atoms with Crippen LogP contribution in [0.4, 0.5) is 5.69 Å². The van der Waals surface area contributed by atoms with Gasteiger partial charge in [-0.2, -0.15) is 0 Å². The molecule has 0 aliphatic heterocycles. The fourth-order valence-electron chi connectivity index (χ4n) is 2.43. The molecule has 114 valence electrons. The first kappa shape index (κ1) is 15.5. The van der Waals surface area contributed by atoms with Crippen molar-refractivity contribution in [1.29, 1.82) is 0 Å². The van der Waals surface area contributed by atoms with Gasteiger partial charge < -0.3 is 14.8 Å². The van der Waals surface area contributed by atoms with E-state index >= 15 is 0 Å². The second-order valence-corrected chi connectivity index (χ2v) is 5.26. The number of hydrogen-bond acceptors (Lipinski definition) is 4. The van der Waals surface area contributed by atoms with Crippen LogP contribution >= 0.6 is 0 Å². The van der Waals surface area contributed by atoms with Crippen molar-refractivity contribution < 1.29 is 19.1 Å². The molecule has 21 heavy (non-hydrogen) atoms. The lowest BCUT2D eigenvalue weighted by atomic mass is 9.77. The predicted molar refractivity (Wildman–Crippen MR) is 79.2 cm³/mol. The average molecular weight is 291 g/mol. The molecule has 1 amide bonds. The van der Waals surface area contributed by atoms with Crippen LogP contribution in [0.5, 0.6) is 0 Å². The highest BCUT2D eigenvalue weighted by atomic mass is 16.5. The molecule has 0 bridgehead atoms. The fraction of sp³-hybridized carbons (Fsp3) is 0.500. The van der Waals surface area contributed by atoms with Crippen LogP contribution in [0.2, 0.25) is 0 Å². The Morgan fingerprint density at radius 2 is 1.90 bits per heavy atom. The van der Waals surface area contributed by atoms with Crippen molar-refractivity contribution in [3.05, 3.63) is 29.8 Å². The molecule has 5 nitrogen and oxygen atoms in total. The first-order chi connectivity index (χ1) is 10.1. The molecule has 1 aliphatic carbocycles. The summed E-state index contributed by atoms with van der Waals surface area (Å²) >= 11 is 0. The summed E-state index contributed by atoms with van der Waals surface area (Å²) in [6.07, 6.45) is 3.33. The van der Waals surface area contributed by atoms with Gasteiger partial charge in [-0.25, -0.2) is 4.79 Å². The molecule has 0 aromatic heterocycles. The van der Waals surface area contributed by atoms with Gasteiger partial charge in [0.2, 0.25) is 5.91 Å². The molecule has 1 N–H and O–H groups in total. The molecule has 0 spiro atoms. The van der Waals surface area contributed by atoms with Crippen LogP contribution in [0.25, 0.3) is 0 Å². The Morgan fingerprint density at radius 3 is 2.38 bits per heavy atom. The highest BCUT2D eigenvalue weighted by molar-refractivity contribution is 5.93. The summed E-state index contributed by atoms with van der Waals surface area (Å²) in [4.78, 5) is 23.5. The topological polar surface area (TPSA) is 64.6 Å². The summed E-state index contributed by atoms with van der Waals surface area (Å²) in [6.45, 7) is 2.11. The normalized spacial score (nSPS) is 15.9. The molecule has 0 unspecified atom stereocenters. The number of hydrogen-bond donors (Lipinski definition) is 1. The largest absolute Gasteiger partial charge is 0.462 e. The van der Waals surface area contributed by atoms with E-state index in [9.17, 15) is 9.59 Å². The molecular formula is C16H21NO4. The molecule has 1 aliphatic rings. The zero-order chi connectivity index (χ0) is 15.3. The van der Waals surface area contributed by atoms with E-state index in [1.54, 1.807) is 38.3 Å². The molecule has 1 saturated carbocycles. The minimum absolute atomic E-state index is 0.0690. The molecule has 0 heterocycles. The Hall–Kier alpha value is -1.88. The van der Waals surface area contributed by atoms with Crippen molar-refractivity contribution in [1.82, 2.24) is 0 Å². The third kappa shape index (κ3) is 3.82. The zero-order valence-electron chi connectivity index (χ0n) is 12.5. The van der Waals surface area contributed by atoms with E-state index in [0.29, 0.717) is 24.3 Å². The van der Waals surface area contributed by atoms with Crippen LogP contribution in [0.3, 0.4) is 0 Å². The molecular weight excluding hydrogens is 270 g/mol. The Bertz CT molecular complexity index is 500. The van der Waals surface area contributed by atoms with Gasteiger partial charge in [0.25, 0.3) is 0 Å². The maximum atomic E-state index is 12.0. The SMILES string of the molecule is CCOC(=O)c1ccc(NC(=O)CC2(OC)CCC2)cc1. The second-order valence-electron chi connectivity index (χ2n) is 5.26. The number of ether oxygens (including phenoxy) is 2. The number of anilines is 1. The molecule has 0 radical (unpaired) electrons. The number of nitrogens with one attached hydrogen (secondary N) is 1. The summed E-state index contributed by atoms with van der Waals surface area (Å²) in [7, 11) is 1.65. The van der Waals surface area contributed by atoms with Crippen LogP contribution in [-0.4, -0.2) is 31.2 Å². The maximum absolute atomic E-state index is 12.0. The number of carbonyl (C=O) groups is 2. The van der Waals surface area contributed by atoms with E-state index in [-0.39, 0.29) is 17.5 Å². The minimum Gasteiger partial charge on any atom is -0.462 e. The van der Waals surface area contributed by atoms with E-state index in [2.05, 4.69) is 5.32 Å². The quantitative estimate of drug-likeness (QED) is 0.819. The monoisotopic (exact) mass is 291 g/mol. The first-order valence-electron chi connectivity index (χ1n) is 7.21. The van der Waals surface area contributed by atoms with Gasteiger partial charge in [0.05, 0.1) is 24.2 Å². The number of benzene rings is 1. The molecule has 0 atom stereocenters. The van der Waals surface area contributed by atoms with Crippen molar-refractivity contribution in [2.75, 3.05) is 19.0 Å². The number of amides is 1. The van der Waals surface area contributed by atoms with E-state index in [1.165, 1.54) is 0 Å². The van der Waals surface area contributed by atoms with Gasteiger partial charge in [-0.1, -0.05) is 0 Å². The lowest BCUT2D eigenvalue weighted by molar-refractivity contribution is -0.129. The van der Waals surface area contributed by atoms with Crippen LogP contribution in [0, 0.1) is 0 Å². The van der Waals surface area contributed by atoms with Gasteiger partial charge in [-0.05, 0) is 50.5 Å². The number of carbonyl (C=O) groups excluding carboxylic acids is 2. The van der Waals surface area contributed by atoms with Crippen molar-refractivity contribution in [3.8, 4) is 0 Å². The van der Waals surface area contributed by atoms with Crippen LogP contribution in [0.1, 0.15) is 43.0 Å². The Labute approximate surface area is 124 Å². The zero-order valence-corrected chi connectivity index (χ0v) is 12.5. The lowest BCUT2D eigenvalue weighted by Gasteiger charge is -2.39. The van der Waals surface area contributed by atoms with Crippen LogP contribution in [-0.2, 0) is 14.3 Å². The predicted octanol–water partition coefficient (Wildman–Crippen LogP) is 2.76. The molecule has 1 fully saturated rings. The fourth-order valence-corrected chi connectivity index (χ4v) is 2.43. The number of esters is 1. The minimum atomic E-state index is -0.358. The van der Waals surface area contributed by atoms with Crippen molar-refractivity contribution in [2.45, 2.75) is 38.2 Å². The van der Waals surface area contributed by atoms with E-state index < -0.39 is 0 Å². The Balaban J connectivity index is 1.91. The highest BCUT2D eigenvalue weighted by Crippen LogP contribution is 2.38. The second kappa shape index (κ2) is 6.72. The van der Waals surface area contributed by atoms with Crippen LogP contribution in [0.15, 0.2) is 24.3 Å². The lowest BCUT2D eigenvalue weighted by Crippen LogP contribution is -2.42. The van der Waals surface area contributed by atoms with Gasteiger partial charge in [0.1, 0.15) is 0 Å². The van der Waals surface area contributed by atoms with E-state index in [1.807, 2.05) is 0 Å². The van der Waals surface area contributed by atoms with Gasteiger partial charge in [0.15, 0.2) is 0 Å². The molecule has 0 saturated heterocycles. The highest BCUT2D eigenvalue weighted by Gasteiger charge is 2.38. The summed E-state index contributed by atoms with van der Waals surface area (Å²) in [5.74, 6) is -0.427. The smallest absolute Gasteiger partial charge is 0.338 e. The third-order valence-corrected chi connectivity index (χ3v) is 3.86. The molecule has 2 rings (SSSR count). The standard InChI is InChI=1S/C16H21NO4/c1-3-21-15(19)12-5-7-13(8-6-12)17-14(18)11-16(20-2)9-4-10-16/h5-8H,3-4,9-11H2,1-2H3,(H,17,18). The summed E-state index contributed by atoms with van der Waals surface area (Å²) in [6, 6.07) is 6.68. The number of methoxy groups -OCH3 is 1. The Morgan fingerprint density at radius 1 is 1.24 bits per heavy atom. The summed E-state index contributed by atoms with van der Waals surface area (Å²) in [5.41, 5.74) is 0.857. The van der Waals surface area contributed by atoms with Crippen molar-refractivity contribution >= 4 is 17.6 Å². The Kier molecular flexibility index (Phi) is 4.96. The maximum Gasteiger partial charge on any atom is 0.338 e.